The number of anilines is 4. The van der Waals surface area contributed by atoms with Gasteiger partial charge in [0.05, 0.1) is 26.1 Å². The van der Waals surface area contributed by atoms with Crippen LogP contribution in [0.25, 0.3) is 0 Å². The quantitative estimate of drug-likeness (QED) is 0.667. The van der Waals surface area contributed by atoms with E-state index in [1.807, 2.05) is 36.4 Å². The van der Waals surface area contributed by atoms with Gasteiger partial charge in [0.1, 0.15) is 11.5 Å². The molecule has 1 aromatic heterocycles. The van der Waals surface area contributed by atoms with E-state index in [4.69, 9.17) is 9.47 Å². The molecular formula is C19H21N5O2. The lowest BCUT2D eigenvalue weighted by Gasteiger charge is -2.13. The van der Waals surface area contributed by atoms with Crippen molar-refractivity contribution in [3.63, 3.8) is 0 Å². The van der Waals surface area contributed by atoms with Crippen LogP contribution >= 0.6 is 0 Å². The summed E-state index contributed by atoms with van der Waals surface area (Å²) in [6.45, 7) is 2.11. The largest absolute Gasteiger partial charge is 0.497 e. The Morgan fingerprint density at radius 1 is 0.962 bits per heavy atom. The minimum Gasteiger partial charge on any atom is -0.497 e. The van der Waals surface area contributed by atoms with Gasteiger partial charge < -0.3 is 20.1 Å². The van der Waals surface area contributed by atoms with Crippen molar-refractivity contribution >= 4 is 23.1 Å². The second-order valence-electron chi connectivity index (χ2n) is 5.49. The first-order chi connectivity index (χ1) is 12.7. The average molecular weight is 351 g/mol. The van der Waals surface area contributed by atoms with E-state index in [0.29, 0.717) is 29.0 Å². The van der Waals surface area contributed by atoms with Crippen molar-refractivity contribution in [1.82, 2.24) is 15.2 Å². The third-order valence-corrected chi connectivity index (χ3v) is 3.87. The van der Waals surface area contributed by atoms with Gasteiger partial charge in [-0.3, -0.25) is 0 Å². The van der Waals surface area contributed by atoms with Crippen LogP contribution in [0.4, 0.5) is 23.1 Å². The van der Waals surface area contributed by atoms with E-state index in [1.165, 1.54) is 5.56 Å². The highest BCUT2D eigenvalue weighted by molar-refractivity contribution is 5.66. The van der Waals surface area contributed by atoms with Crippen LogP contribution in [0.15, 0.2) is 48.7 Å². The molecule has 7 heteroatoms. The molecule has 0 aliphatic rings. The van der Waals surface area contributed by atoms with Crippen molar-refractivity contribution < 1.29 is 9.47 Å². The fourth-order valence-electron chi connectivity index (χ4n) is 2.54. The standard InChI is InChI=1S/C19H21N5O2/c1-4-13-7-5-6-8-15(13)21-18-12-20-24-19(23-18)22-16-11-14(25-2)9-10-17(16)26-3/h5-12H,4H2,1-3H3,(H2,21,22,23,24). The first kappa shape index (κ1) is 17.5. The molecule has 0 aliphatic carbocycles. The Labute approximate surface area is 152 Å². The Balaban J connectivity index is 1.84. The number of aromatic nitrogens is 3. The molecule has 0 spiro atoms. The normalized spacial score (nSPS) is 10.3. The molecule has 2 N–H and O–H groups in total. The summed E-state index contributed by atoms with van der Waals surface area (Å²) in [5.74, 6) is 2.32. The summed E-state index contributed by atoms with van der Waals surface area (Å²) < 4.78 is 10.6. The second kappa shape index (κ2) is 8.15. The molecule has 2 aromatic carbocycles. The summed E-state index contributed by atoms with van der Waals surface area (Å²) >= 11 is 0. The van der Waals surface area contributed by atoms with Gasteiger partial charge in [-0.15, -0.1) is 5.10 Å². The Bertz CT molecular complexity index is 885. The molecule has 3 rings (SSSR count). The van der Waals surface area contributed by atoms with E-state index in [9.17, 15) is 0 Å². The zero-order valence-electron chi connectivity index (χ0n) is 15.0. The van der Waals surface area contributed by atoms with Gasteiger partial charge >= 0.3 is 0 Å². The number of nitrogens with zero attached hydrogens (tertiary/aromatic N) is 3. The first-order valence-corrected chi connectivity index (χ1v) is 8.27. The van der Waals surface area contributed by atoms with E-state index in [1.54, 1.807) is 20.4 Å². The van der Waals surface area contributed by atoms with Crippen LogP contribution in [0.1, 0.15) is 12.5 Å². The van der Waals surface area contributed by atoms with E-state index in [2.05, 4.69) is 38.8 Å². The first-order valence-electron chi connectivity index (χ1n) is 8.27. The summed E-state index contributed by atoms with van der Waals surface area (Å²) in [5, 5.41) is 14.5. The summed E-state index contributed by atoms with van der Waals surface area (Å²) in [5.41, 5.74) is 2.90. The lowest BCUT2D eigenvalue weighted by Crippen LogP contribution is -2.04. The summed E-state index contributed by atoms with van der Waals surface area (Å²) in [6, 6.07) is 13.5. The summed E-state index contributed by atoms with van der Waals surface area (Å²) in [7, 11) is 3.21. The van der Waals surface area contributed by atoms with Crippen LogP contribution in [-0.4, -0.2) is 29.4 Å². The minimum absolute atomic E-state index is 0.357. The third kappa shape index (κ3) is 4.00. The molecule has 26 heavy (non-hydrogen) atoms. The highest BCUT2D eigenvalue weighted by atomic mass is 16.5. The number of hydrogen-bond donors (Lipinski definition) is 2. The number of benzene rings is 2. The summed E-state index contributed by atoms with van der Waals surface area (Å²) in [4.78, 5) is 4.48. The molecule has 0 saturated carbocycles. The summed E-state index contributed by atoms with van der Waals surface area (Å²) in [6.07, 6.45) is 2.51. The van der Waals surface area contributed by atoms with Gasteiger partial charge in [0, 0.05) is 11.8 Å². The molecule has 0 atom stereocenters. The van der Waals surface area contributed by atoms with Gasteiger partial charge in [-0.25, -0.2) is 0 Å². The monoisotopic (exact) mass is 351 g/mol. The molecule has 0 amide bonds. The topological polar surface area (TPSA) is 81.2 Å². The predicted molar refractivity (Wildman–Crippen MR) is 102 cm³/mol. The zero-order chi connectivity index (χ0) is 18.4. The van der Waals surface area contributed by atoms with Crippen LogP contribution in [0, 0.1) is 0 Å². The molecule has 0 unspecified atom stereocenters. The average Bonchev–Trinajstić information content (AvgIpc) is 2.68. The van der Waals surface area contributed by atoms with Crippen LogP contribution in [0.5, 0.6) is 11.5 Å². The van der Waals surface area contributed by atoms with Crippen molar-refractivity contribution in [2.45, 2.75) is 13.3 Å². The van der Waals surface area contributed by atoms with E-state index < -0.39 is 0 Å². The van der Waals surface area contributed by atoms with Gasteiger partial charge in [-0.1, -0.05) is 25.1 Å². The third-order valence-electron chi connectivity index (χ3n) is 3.87. The van der Waals surface area contributed by atoms with Crippen LogP contribution in [0.2, 0.25) is 0 Å². The molecular weight excluding hydrogens is 330 g/mol. The van der Waals surface area contributed by atoms with E-state index in [0.717, 1.165) is 12.1 Å². The van der Waals surface area contributed by atoms with Crippen molar-refractivity contribution in [3.8, 4) is 11.5 Å². The molecule has 0 fully saturated rings. The smallest absolute Gasteiger partial charge is 0.249 e. The fourth-order valence-corrected chi connectivity index (χ4v) is 2.54. The molecule has 0 bridgehead atoms. The fraction of sp³-hybridized carbons (Fsp3) is 0.211. The van der Waals surface area contributed by atoms with Gasteiger partial charge in [0.15, 0.2) is 5.82 Å². The molecule has 134 valence electrons. The Kier molecular flexibility index (Phi) is 5.48. The zero-order valence-corrected chi connectivity index (χ0v) is 15.0. The Morgan fingerprint density at radius 3 is 2.58 bits per heavy atom. The van der Waals surface area contributed by atoms with Crippen LogP contribution in [-0.2, 0) is 6.42 Å². The van der Waals surface area contributed by atoms with Crippen molar-refractivity contribution in [2.75, 3.05) is 24.9 Å². The number of nitrogens with one attached hydrogen (secondary N) is 2. The van der Waals surface area contributed by atoms with E-state index in [-0.39, 0.29) is 0 Å². The number of para-hydroxylation sites is 1. The van der Waals surface area contributed by atoms with Gasteiger partial charge in [-0.2, -0.15) is 10.1 Å². The van der Waals surface area contributed by atoms with Gasteiger partial charge in [0.25, 0.3) is 0 Å². The maximum absolute atomic E-state index is 5.36. The van der Waals surface area contributed by atoms with Gasteiger partial charge in [0.2, 0.25) is 5.95 Å². The molecule has 1 heterocycles. The maximum atomic E-state index is 5.36. The van der Waals surface area contributed by atoms with Crippen LogP contribution < -0.4 is 20.1 Å². The number of hydrogen-bond acceptors (Lipinski definition) is 7. The number of methoxy groups -OCH3 is 2. The SMILES string of the molecule is CCc1ccccc1Nc1cnnc(Nc2cc(OC)ccc2OC)n1. The van der Waals surface area contributed by atoms with Gasteiger partial charge in [-0.05, 0) is 30.2 Å². The Morgan fingerprint density at radius 2 is 1.81 bits per heavy atom. The lowest BCUT2D eigenvalue weighted by atomic mass is 10.1. The second-order valence-corrected chi connectivity index (χ2v) is 5.49. The highest BCUT2D eigenvalue weighted by Crippen LogP contribution is 2.30. The maximum Gasteiger partial charge on any atom is 0.249 e. The number of ether oxygens (including phenoxy) is 2. The van der Waals surface area contributed by atoms with Crippen molar-refractivity contribution in [3.05, 3.63) is 54.2 Å². The number of rotatable bonds is 7. The minimum atomic E-state index is 0.357. The van der Waals surface area contributed by atoms with Crippen molar-refractivity contribution in [2.24, 2.45) is 0 Å². The molecule has 0 aliphatic heterocycles. The molecule has 0 saturated heterocycles. The lowest BCUT2D eigenvalue weighted by molar-refractivity contribution is 0.405. The van der Waals surface area contributed by atoms with Crippen LogP contribution in [0.3, 0.4) is 0 Å². The molecule has 0 radical (unpaired) electrons. The Hall–Kier alpha value is -3.35. The predicted octanol–water partition coefficient (Wildman–Crippen LogP) is 3.94. The molecule has 7 nitrogen and oxygen atoms in total. The molecule has 3 aromatic rings. The highest BCUT2D eigenvalue weighted by Gasteiger charge is 2.09. The van der Waals surface area contributed by atoms with Crippen molar-refractivity contribution in [1.29, 1.82) is 0 Å². The number of aryl methyl sites for hydroxylation is 1. The van der Waals surface area contributed by atoms with E-state index >= 15 is 0 Å².